The second-order valence-electron chi connectivity index (χ2n) is 4.92. The van der Waals surface area contributed by atoms with Gasteiger partial charge in [-0.15, -0.1) is 0 Å². The van der Waals surface area contributed by atoms with Gasteiger partial charge in [0.15, 0.2) is 11.5 Å². The average molecular weight is 293 g/mol. The van der Waals surface area contributed by atoms with Crippen molar-refractivity contribution >= 4 is 5.91 Å². The molecule has 1 aromatic rings. The van der Waals surface area contributed by atoms with E-state index < -0.39 is 0 Å². The van der Waals surface area contributed by atoms with Crippen LogP contribution >= 0.6 is 0 Å². The lowest BCUT2D eigenvalue weighted by Crippen LogP contribution is -2.46. The molecule has 0 unspecified atom stereocenters. The number of piperazine rings is 1. The molecule has 6 nitrogen and oxygen atoms in total. The van der Waals surface area contributed by atoms with Crippen LogP contribution in [0.3, 0.4) is 0 Å². The number of ether oxygens (including phenoxy) is 2. The van der Waals surface area contributed by atoms with Crippen molar-refractivity contribution in [3.8, 4) is 11.5 Å². The lowest BCUT2D eigenvalue weighted by molar-refractivity contribution is 0.0947. The van der Waals surface area contributed by atoms with E-state index in [0.29, 0.717) is 23.6 Å². The van der Waals surface area contributed by atoms with E-state index in [1.165, 1.54) is 0 Å². The first kappa shape index (κ1) is 15.6. The van der Waals surface area contributed by atoms with E-state index >= 15 is 0 Å². The molecule has 1 amide bonds. The number of amides is 1. The minimum atomic E-state index is -0.0916. The fraction of sp³-hybridized carbons (Fsp3) is 0.533. The Labute approximate surface area is 125 Å². The summed E-state index contributed by atoms with van der Waals surface area (Å²) in [7, 11) is 3.13. The molecule has 21 heavy (non-hydrogen) atoms. The molecule has 0 bridgehead atoms. The van der Waals surface area contributed by atoms with Gasteiger partial charge in [0.05, 0.1) is 14.2 Å². The van der Waals surface area contributed by atoms with Crippen molar-refractivity contribution in [2.24, 2.45) is 0 Å². The van der Waals surface area contributed by atoms with Gasteiger partial charge in [0.25, 0.3) is 5.91 Å². The summed E-state index contributed by atoms with van der Waals surface area (Å²) < 4.78 is 10.4. The van der Waals surface area contributed by atoms with E-state index in [-0.39, 0.29) is 5.91 Å². The molecule has 116 valence electrons. The Hall–Kier alpha value is -1.79. The summed E-state index contributed by atoms with van der Waals surface area (Å²) in [6.45, 7) is 5.62. The van der Waals surface area contributed by atoms with Crippen molar-refractivity contribution in [1.82, 2.24) is 15.5 Å². The molecule has 0 atom stereocenters. The standard InChI is InChI=1S/C15H23N3O3/c1-20-13-4-3-12(11-14(13)21-2)15(19)17-7-10-18-8-5-16-6-9-18/h3-4,11,16H,5-10H2,1-2H3,(H,17,19). The number of nitrogens with one attached hydrogen (secondary N) is 2. The fourth-order valence-electron chi connectivity index (χ4n) is 2.34. The SMILES string of the molecule is COc1ccc(C(=O)NCCN2CCNCC2)cc1OC. The van der Waals surface area contributed by atoms with Gasteiger partial charge in [-0.1, -0.05) is 0 Å². The van der Waals surface area contributed by atoms with Crippen molar-refractivity contribution in [1.29, 1.82) is 0 Å². The zero-order valence-electron chi connectivity index (χ0n) is 12.6. The molecule has 0 saturated carbocycles. The fourth-order valence-corrected chi connectivity index (χ4v) is 2.34. The Morgan fingerprint density at radius 2 is 1.95 bits per heavy atom. The van der Waals surface area contributed by atoms with Crippen LogP contribution in [0.5, 0.6) is 11.5 Å². The van der Waals surface area contributed by atoms with Crippen LogP contribution in [0.4, 0.5) is 0 Å². The molecule has 2 rings (SSSR count). The van der Waals surface area contributed by atoms with Gasteiger partial charge in [-0.05, 0) is 18.2 Å². The third kappa shape index (κ3) is 4.34. The smallest absolute Gasteiger partial charge is 0.251 e. The minimum absolute atomic E-state index is 0.0916. The molecular weight excluding hydrogens is 270 g/mol. The van der Waals surface area contributed by atoms with Crippen LogP contribution in [0, 0.1) is 0 Å². The Morgan fingerprint density at radius 3 is 2.62 bits per heavy atom. The van der Waals surface area contributed by atoms with Crippen molar-refractivity contribution in [3.05, 3.63) is 23.8 Å². The molecule has 1 heterocycles. The van der Waals surface area contributed by atoms with Gasteiger partial charge in [-0.2, -0.15) is 0 Å². The second kappa shape index (κ2) is 7.85. The van der Waals surface area contributed by atoms with Crippen molar-refractivity contribution in [2.45, 2.75) is 0 Å². The topological polar surface area (TPSA) is 62.8 Å². The largest absolute Gasteiger partial charge is 0.493 e. The Balaban J connectivity index is 1.85. The van der Waals surface area contributed by atoms with Gasteiger partial charge >= 0.3 is 0 Å². The predicted octanol–water partition coefficient (Wildman–Crippen LogP) is 0.339. The molecule has 1 saturated heterocycles. The molecule has 1 aliphatic rings. The molecule has 0 radical (unpaired) electrons. The molecule has 0 aliphatic carbocycles. The minimum Gasteiger partial charge on any atom is -0.493 e. The zero-order chi connectivity index (χ0) is 15.1. The molecular formula is C15H23N3O3. The lowest BCUT2D eigenvalue weighted by atomic mass is 10.2. The highest BCUT2D eigenvalue weighted by atomic mass is 16.5. The first-order valence-electron chi connectivity index (χ1n) is 7.18. The summed E-state index contributed by atoms with van der Waals surface area (Å²) in [6, 6.07) is 5.17. The van der Waals surface area contributed by atoms with Gasteiger partial charge in [0, 0.05) is 44.8 Å². The lowest BCUT2D eigenvalue weighted by Gasteiger charge is -2.27. The van der Waals surface area contributed by atoms with Gasteiger partial charge in [0.2, 0.25) is 0 Å². The van der Waals surface area contributed by atoms with E-state index in [1.54, 1.807) is 32.4 Å². The van der Waals surface area contributed by atoms with E-state index in [9.17, 15) is 4.79 Å². The van der Waals surface area contributed by atoms with Gasteiger partial charge in [-0.25, -0.2) is 0 Å². The van der Waals surface area contributed by atoms with Crippen LogP contribution in [0.2, 0.25) is 0 Å². The molecule has 1 aromatic carbocycles. The Morgan fingerprint density at radius 1 is 1.24 bits per heavy atom. The normalized spacial score (nSPS) is 15.5. The van der Waals surface area contributed by atoms with Crippen LogP contribution in [0.1, 0.15) is 10.4 Å². The highest BCUT2D eigenvalue weighted by molar-refractivity contribution is 5.94. The molecule has 1 fully saturated rings. The van der Waals surface area contributed by atoms with Gasteiger partial charge in [-0.3, -0.25) is 9.69 Å². The van der Waals surface area contributed by atoms with Crippen LogP contribution < -0.4 is 20.1 Å². The molecule has 2 N–H and O–H groups in total. The highest BCUT2D eigenvalue weighted by Crippen LogP contribution is 2.27. The third-order valence-electron chi connectivity index (χ3n) is 3.57. The molecule has 0 aromatic heterocycles. The number of hydrogen-bond acceptors (Lipinski definition) is 5. The van der Waals surface area contributed by atoms with E-state index in [4.69, 9.17) is 9.47 Å². The maximum Gasteiger partial charge on any atom is 0.251 e. The van der Waals surface area contributed by atoms with Gasteiger partial charge < -0.3 is 20.1 Å². The van der Waals surface area contributed by atoms with Crippen LogP contribution in [0.25, 0.3) is 0 Å². The summed E-state index contributed by atoms with van der Waals surface area (Å²) in [5.74, 6) is 1.09. The summed E-state index contributed by atoms with van der Waals surface area (Å²) in [4.78, 5) is 14.5. The summed E-state index contributed by atoms with van der Waals surface area (Å²) in [5.41, 5.74) is 0.577. The number of carbonyl (C=O) groups is 1. The van der Waals surface area contributed by atoms with Crippen molar-refractivity contribution in [2.75, 3.05) is 53.5 Å². The van der Waals surface area contributed by atoms with Gasteiger partial charge in [0.1, 0.15) is 0 Å². The summed E-state index contributed by atoms with van der Waals surface area (Å²) >= 11 is 0. The predicted molar refractivity (Wildman–Crippen MR) is 81.2 cm³/mol. The monoisotopic (exact) mass is 293 g/mol. The number of benzene rings is 1. The Kier molecular flexibility index (Phi) is 5.83. The van der Waals surface area contributed by atoms with Crippen molar-refractivity contribution < 1.29 is 14.3 Å². The number of carbonyl (C=O) groups excluding carboxylic acids is 1. The summed E-state index contributed by atoms with van der Waals surface area (Å²) in [6.07, 6.45) is 0. The quantitative estimate of drug-likeness (QED) is 0.792. The summed E-state index contributed by atoms with van der Waals surface area (Å²) in [5, 5.41) is 6.25. The van der Waals surface area contributed by atoms with E-state index in [0.717, 1.165) is 32.7 Å². The van der Waals surface area contributed by atoms with E-state index in [1.807, 2.05) is 0 Å². The number of nitrogens with zero attached hydrogens (tertiary/aromatic N) is 1. The highest BCUT2D eigenvalue weighted by Gasteiger charge is 2.12. The maximum absolute atomic E-state index is 12.1. The van der Waals surface area contributed by atoms with E-state index in [2.05, 4.69) is 15.5 Å². The zero-order valence-corrected chi connectivity index (χ0v) is 12.6. The van der Waals surface area contributed by atoms with Crippen LogP contribution in [0.15, 0.2) is 18.2 Å². The number of hydrogen-bond donors (Lipinski definition) is 2. The Bertz CT molecular complexity index is 473. The second-order valence-corrected chi connectivity index (χ2v) is 4.92. The van der Waals surface area contributed by atoms with Crippen LogP contribution in [-0.2, 0) is 0 Å². The van der Waals surface area contributed by atoms with Crippen molar-refractivity contribution in [3.63, 3.8) is 0 Å². The number of methoxy groups -OCH3 is 2. The molecule has 1 aliphatic heterocycles. The van der Waals surface area contributed by atoms with Crippen LogP contribution in [-0.4, -0.2) is 64.3 Å². The number of rotatable bonds is 6. The third-order valence-corrected chi connectivity index (χ3v) is 3.57. The molecule has 6 heteroatoms. The first-order valence-corrected chi connectivity index (χ1v) is 7.18. The first-order chi connectivity index (χ1) is 10.2. The maximum atomic E-state index is 12.1. The molecule has 0 spiro atoms. The average Bonchev–Trinajstić information content (AvgIpc) is 2.55.